The zero-order chi connectivity index (χ0) is 47.3. The van der Waals surface area contributed by atoms with E-state index in [2.05, 4.69) is 38.5 Å². The van der Waals surface area contributed by atoms with Gasteiger partial charge in [-0.15, -0.1) is 53.8 Å². The first-order chi connectivity index (χ1) is 30.2. The molecular weight excluding hydrogens is 1100 g/mol. The van der Waals surface area contributed by atoms with Crippen LogP contribution in [0.15, 0.2) is 91.0 Å². The zero-order valence-electron chi connectivity index (χ0n) is 32.3. The summed E-state index contributed by atoms with van der Waals surface area (Å²) in [6.07, 6.45) is -23.5. The van der Waals surface area contributed by atoms with Gasteiger partial charge in [0.15, 0.2) is 0 Å². The maximum atomic E-state index is 13.8. The van der Waals surface area contributed by atoms with Crippen molar-refractivity contribution in [2.75, 3.05) is 27.1 Å². The van der Waals surface area contributed by atoms with Crippen molar-refractivity contribution in [3.05, 3.63) is 151 Å². The molecule has 0 unspecified atom stereocenters. The molecule has 0 bridgehead atoms. The molecule has 25 heteroatoms. The first-order valence-corrected chi connectivity index (χ1v) is 17.8. The average Bonchev–Trinajstić information content (AvgIpc) is 3.80. The van der Waals surface area contributed by atoms with Crippen molar-refractivity contribution in [2.24, 2.45) is 0 Å². The summed E-state index contributed by atoms with van der Waals surface area (Å²) >= 11 is 0. The van der Waals surface area contributed by atoms with E-state index in [0.29, 0.717) is 18.2 Å². The number of benzene rings is 3. The third-order valence-electron chi connectivity index (χ3n) is 8.82. The number of rotatable bonds is 6. The summed E-state index contributed by atoms with van der Waals surface area (Å²) in [5.74, 6) is -0.643. The van der Waals surface area contributed by atoms with Crippen molar-refractivity contribution in [2.45, 2.75) is 30.9 Å². The summed E-state index contributed by atoms with van der Waals surface area (Å²) in [5, 5.41) is 2.62. The van der Waals surface area contributed by atoms with E-state index in [0.717, 1.165) is 71.1 Å². The molecule has 351 valence electrons. The van der Waals surface area contributed by atoms with E-state index in [-0.39, 0.29) is 77.7 Å². The minimum atomic E-state index is -4.91. The van der Waals surface area contributed by atoms with Crippen LogP contribution in [-0.2, 0) is 51.0 Å². The fraction of sp³-hybridized carbons (Fsp3) is 0.146. The van der Waals surface area contributed by atoms with Gasteiger partial charge in [-0.25, -0.2) is 9.97 Å². The third kappa shape index (κ3) is 11.1. The fourth-order valence-corrected chi connectivity index (χ4v) is 5.80. The van der Waals surface area contributed by atoms with Crippen molar-refractivity contribution in [1.29, 1.82) is 0 Å². The Morgan fingerprint density at radius 3 is 1.50 bits per heavy atom. The van der Waals surface area contributed by atoms with Crippen LogP contribution in [-0.4, -0.2) is 22.0 Å². The van der Waals surface area contributed by atoms with E-state index in [1.54, 1.807) is 0 Å². The molecular formula is C41H21F15IrN7O2-5. The van der Waals surface area contributed by atoms with E-state index in [1.165, 1.54) is 36.8 Å². The van der Waals surface area contributed by atoms with Gasteiger partial charge in [0.05, 0.1) is 0 Å². The molecule has 9 nitrogen and oxygen atoms in total. The molecule has 0 fully saturated rings. The molecule has 1 radical (unpaired) electrons. The van der Waals surface area contributed by atoms with Gasteiger partial charge in [0.1, 0.15) is 23.0 Å². The second-order valence-electron chi connectivity index (χ2n) is 13.4. The zero-order valence-corrected chi connectivity index (χ0v) is 34.7. The number of hydrogen-bond donors (Lipinski definition) is 1. The normalized spacial score (nSPS) is 13.8. The van der Waals surface area contributed by atoms with Crippen molar-refractivity contribution in [3.8, 4) is 23.3 Å². The second kappa shape index (κ2) is 18.1. The van der Waals surface area contributed by atoms with Gasteiger partial charge in [0.2, 0.25) is 11.8 Å². The molecule has 3 aromatic carbocycles. The number of hydrogen-bond acceptors (Lipinski definition) is 9. The Balaban J connectivity index is 0.000000223. The first-order valence-electron chi connectivity index (χ1n) is 17.8. The van der Waals surface area contributed by atoms with Gasteiger partial charge in [0, 0.05) is 55.1 Å². The standard InChI is InChI=1S/C22H12F9N6.C19H9F6NO2.Ir/c1-35-10-37(19-15(35)3-5-17(34-19)22(29,30)31)13-7-11(20(23,24)25)6-12(8-13)36-9-32-14-2-4-16(21(26,27)28)33-18(14)36;20-18(21,22)12-4-8-14(9-5-12)27-16-2-1-3-17(26-16)28-15-10-6-13(7-11-15)19(23,24)25;/h2-7,9-10,32H,1H3;1-8,10H;/q-3;-2;. The number of ether oxygens (including phenoxy) is 2. The van der Waals surface area contributed by atoms with Crippen LogP contribution in [0.25, 0.3) is 0 Å². The summed E-state index contributed by atoms with van der Waals surface area (Å²) < 4.78 is 207. The van der Waals surface area contributed by atoms with E-state index >= 15 is 0 Å². The van der Waals surface area contributed by atoms with Crippen molar-refractivity contribution >= 4 is 34.4 Å². The minimum absolute atomic E-state index is 0. The average molecular weight is 1120 g/mol. The summed E-state index contributed by atoms with van der Waals surface area (Å²) in [4.78, 5) is 14.4. The largest absolute Gasteiger partial charge is 0.513 e. The molecule has 1 N–H and O–H groups in total. The van der Waals surface area contributed by atoms with E-state index in [4.69, 9.17) is 9.47 Å². The van der Waals surface area contributed by atoms with Gasteiger partial charge in [0.25, 0.3) is 0 Å². The molecule has 66 heavy (non-hydrogen) atoms. The van der Waals surface area contributed by atoms with Crippen LogP contribution in [0.5, 0.6) is 23.3 Å². The molecule has 0 saturated heterocycles. The molecule has 8 rings (SSSR count). The number of nitrogens with zero attached hydrogens (tertiary/aromatic N) is 6. The molecule has 0 spiro atoms. The number of alkyl halides is 15. The summed E-state index contributed by atoms with van der Waals surface area (Å²) in [6.45, 7) is 2.31. The Bertz CT molecular complexity index is 2600. The number of pyridine rings is 3. The SMILES string of the molecule is CN1[CH-]N(c2[c-]c(N3[CH-]Nc4ccc(C(F)(F)F)nc43)cc(C(F)(F)F)c2)c2nc(C(F)(F)F)ccc21.FC(F)(F)c1c[c-]c(Oc2cccc(Oc3[c-]cc(C(F)(F)F)cc3)n2)cc1.[Ir]. The van der Waals surface area contributed by atoms with E-state index < -0.39 is 59.0 Å². The molecule has 2 aliphatic rings. The Morgan fingerprint density at radius 1 is 0.545 bits per heavy atom. The molecule has 0 saturated carbocycles. The maximum Gasteiger partial charge on any atom is 0.433 e. The maximum absolute atomic E-state index is 13.8. The smallest absolute Gasteiger partial charge is 0.433 e. The third-order valence-corrected chi connectivity index (χ3v) is 8.82. The predicted octanol–water partition coefficient (Wildman–Crippen LogP) is 13.0. The van der Waals surface area contributed by atoms with E-state index in [1.807, 2.05) is 0 Å². The molecule has 5 heterocycles. The molecule has 3 aromatic heterocycles. The molecule has 0 amide bonds. The fourth-order valence-electron chi connectivity index (χ4n) is 5.80. The molecule has 0 aliphatic carbocycles. The van der Waals surface area contributed by atoms with Crippen LogP contribution in [0, 0.1) is 31.5 Å². The van der Waals surface area contributed by atoms with Crippen LogP contribution < -0.4 is 29.5 Å². The number of fused-ring (bicyclic) bond motifs is 2. The van der Waals surface area contributed by atoms with Crippen LogP contribution >= 0.6 is 0 Å². The Kier molecular flexibility index (Phi) is 13.4. The van der Waals surface area contributed by atoms with Crippen LogP contribution in [0.1, 0.15) is 28.1 Å². The van der Waals surface area contributed by atoms with Crippen LogP contribution in [0.3, 0.4) is 0 Å². The van der Waals surface area contributed by atoms with E-state index in [9.17, 15) is 65.9 Å². The minimum Gasteiger partial charge on any atom is -0.513 e. The number of nitrogens with one attached hydrogen (secondary N) is 1. The quantitative estimate of drug-likeness (QED) is 0.130. The molecule has 2 aliphatic heterocycles. The van der Waals surface area contributed by atoms with Crippen molar-refractivity contribution < 1.29 is 95.4 Å². The van der Waals surface area contributed by atoms with Gasteiger partial charge in [-0.1, -0.05) is 22.8 Å². The summed E-state index contributed by atoms with van der Waals surface area (Å²) in [5.41, 5.74) is -5.94. The Labute approximate surface area is 375 Å². The van der Waals surface area contributed by atoms with Gasteiger partial charge < -0.3 is 29.5 Å². The summed E-state index contributed by atoms with van der Waals surface area (Å²) in [6, 6.07) is 21.9. The Hall–Kier alpha value is -6.49. The van der Waals surface area contributed by atoms with Crippen LogP contribution in [0.4, 0.5) is 100 Å². The van der Waals surface area contributed by atoms with Gasteiger partial charge in [-0.05, 0) is 31.3 Å². The van der Waals surface area contributed by atoms with Gasteiger partial charge in [-0.2, -0.15) is 108 Å². The number of anilines is 6. The first kappa shape index (κ1) is 49.0. The molecule has 0 atom stereocenters. The number of aromatic nitrogens is 3. The second-order valence-corrected chi connectivity index (χ2v) is 13.4. The molecule has 6 aromatic rings. The van der Waals surface area contributed by atoms with Crippen LogP contribution in [0.2, 0.25) is 0 Å². The Morgan fingerprint density at radius 2 is 1.03 bits per heavy atom. The topological polar surface area (TPSA) is 78.9 Å². The van der Waals surface area contributed by atoms with Crippen molar-refractivity contribution in [3.63, 3.8) is 0 Å². The van der Waals surface area contributed by atoms with Gasteiger partial charge >= 0.3 is 30.9 Å². The van der Waals surface area contributed by atoms with Crippen molar-refractivity contribution in [1.82, 2.24) is 15.0 Å². The van der Waals surface area contributed by atoms with Gasteiger partial charge in [-0.3, -0.25) is 0 Å². The monoisotopic (exact) mass is 1120 g/mol. The summed E-state index contributed by atoms with van der Waals surface area (Å²) in [7, 11) is 1.46. The number of halogens is 15. The predicted molar refractivity (Wildman–Crippen MR) is 199 cm³/mol.